The third kappa shape index (κ3) is 2.42. The van der Waals surface area contributed by atoms with Gasteiger partial charge < -0.3 is 5.32 Å². The molecule has 0 atom stereocenters. The molecule has 4 nitrogen and oxygen atoms in total. The molecule has 0 bridgehead atoms. The fraction of sp³-hybridized carbons (Fsp3) is 0.600. The van der Waals surface area contributed by atoms with Crippen LogP contribution < -0.4 is 5.32 Å². The quantitative estimate of drug-likeness (QED) is 0.877. The van der Waals surface area contributed by atoms with E-state index in [0.29, 0.717) is 5.92 Å². The minimum absolute atomic E-state index is 0.274. The number of nitrogens with one attached hydrogen (secondary N) is 1. The Bertz CT molecular complexity index is 475. The Hall–Kier alpha value is -0.520. The van der Waals surface area contributed by atoms with Crippen LogP contribution in [0.15, 0.2) is 12.3 Å². The van der Waals surface area contributed by atoms with Gasteiger partial charge in [-0.05, 0) is 43.5 Å². The van der Waals surface area contributed by atoms with Crippen LogP contribution >= 0.6 is 11.6 Å². The third-order valence-corrected chi connectivity index (χ3v) is 4.34. The van der Waals surface area contributed by atoms with E-state index in [2.05, 4.69) is 5.32 Å². The molecule has 0 saturated carbocycles. The standard InChI is InChI=1S/C10H15ClN2O2S/c1-16(14,15)13-7-9(6-10(13)11)8-2-4-12-5-3-8/h6-8,12H,2-5H2,1H3. The molecule has 1 aromatic rings. The number of hydrogen-bond donors (Lipinski definition) is 1. The van der Waals surface area contributed by atoms with Gasteiger partial charge in [-0.2, -0.15) is 0 Å². The number of halogens is 1. The second-order valence-corrected chi connectivity index (χ2v) is 6.43. The topological polar surface area (TPSA) is 51.1 Å². The highest BCUT2D eigenvalue weighted by Gasteiger charge is 2.20. The predicted octanol–water partition coefficient (Wildman–Crippen LogP) is 1.42. The third-order valence-electron chi connectivity index (χ3n) is 2.93. The molecular formula is C10H15ClN2O2S. The Morgan fingerprint density at radius 1 is 1.44 bits per heavy atom. The van der Waals surface area contributed by atoms with Crippen LogP contribution in [0.4, 0.5) is 0 Å². The summed E-state index contributed by atoms with van der Waals surface area (Å²) >= 11 is 5.92. The second kappa shape index (κ2) is 4.39. The lowest BCUT2D eigenvalue weighted by molar-refractivity contribution is 0.460. The molecule has 90 valence electrons. The summed E-state index contributed by atoms with van der Waals surface area (Å²) in [6.45, 7) is 1.96. The zero-order valence-electron chi connectivity index (χ0n) is 9.11. The van der Waals surface area contributed by atoms with Crippen LogP contribution in [0.2, 0.25) is 5.15 Å². The average Bonchev–Trinajstić information content (AvgIpc) is 2.61. The van der Waals surface area contributed by atoms with E-state index in [9.17, 15) is 8.42 Å². The van der Waals surface area contributed by atoms with Crippen molar-refractivity contribution in [1.29, 1.82) is 0 Å². The summed E-state index contributed by atoms with van der Waals surface area (Å²) in [7, 11) is -3.28. The number of piperidine rings is 1. The first-order valence-corrected chi connectivity index (χ1v) is 7.50. The van der Waals surface area contributed by atoms with Crippen molar-refractivity contribution >= 4 is 21.6 Å². The van der Waals surface area contributed by atoms with Crippen molar-refractivity contribution in [3.63, 3.8) is 0 Å². The summed E-state index contributed by atoms with van der Waals surface area (Å²) in [5.41, 5.74) is 1.02. The smallest absolute Gasteiger partial charge is 0.236 e. The summed E-state index contributed by atoms with van der Waals surface area (Å²) in [6, 6.07) is 1.76. The van der Waals surface area contributed by atoms with E-state index < -0.39 is 10.0 Å². The Kier molecular flexibility index (Phi) is 3.28. The lowest BCUT2D eigenvalue weighted by atomic mass is 9.92. The minimum Gasteiger partial charge on any atom is -0.317 e. The molecule has 2 rings (SSSR count). The molecule has 1 aliphatic heterocycles. The summed E-state index contributed by atoms with van der Waals surface area (Å²) < 4.78 is 24.0. The van der Waals surface area contributed by atoms with Gasteiger partial charge in [-0.1, -0.05) is 11.6 Å². The number of hydrogen-bond acceptors (Lipinski definition) is 3. The van der Waals surface area contributed by atoms with Gasteiger partial charge in [-0.15, -0.1) is 0 Å². The van der Waals surface area contributed by atoms with Gasteiger partial charge in [0.05, 0.1) is 6.26 Å². The minimum atomic E-state index is -3.28. The van der Waals surface area contributed by atoms with Gasteiger partial charge in [0.1, 0.15) is 5.15 Å². The number of aromatic nitrogens is 1. The van der Waals surface area contributed by atoms with Gasteiger partial charge in [-0.25, -0.2) is 12.4 Å². The molecule has 1 aliphatic rings. The lowest BCUT2D eigenvalue weighted by Gasteiger charge is -2.21. The van der Waals surface area contributed by atoms with E-state index in [0.717, 1.165) is 41.7 Å². The molecule has 2 heterocycles. The molecule has 1 fully saturated rings. The summed E-state index contributed by atoms with van der Waals surface area (Å²) in [5, 5.41) is 3.55. The van der Waals surface area contributed by atoms with Crippen molar-refractivity contribution in [2.75, 3.05) is 19.3 Å². The van der Waals surface area contributed by atoms with Crippen molar-refractivity contribution in [3.8, 4) is 0 Å². The maximum Gasteiger partial charge on any atom is 0.236 e. The summed E-state index contributed by atoms with van der Waals surface area (Å²) in [4.78, 5) is 0. The SMILES string of the molecule is CS(=O)(=O)n1cc(C2CCNCC2)cc1Cl. The molecule has 1 aromatic heterocycles. The number of rotatable bonds is 2. The molecule has 0 aliphatic carbocycles. The molecule has 1 saturated heterocycles. The highest BCUT2D eigenvalue weighted by atomic mass is 35.5. The normalized spacial score (nSPS) is 18.9. The molecule has 0 aromatic carbocycles. The van der Waals surface area contributed by atoms with Crippen molar-refractivity contribution in [1.82, 2.24) is 9.29 Å². The van der Waals surface area contributed by atoms with Gasteiger partial charge >= 0.3 is 0 Å². The van der Waals surface area contributed by atoms with E-state index in [1.807, 2.05) is 0 Å². The van der Waals surface area contributed by atoms with E-state index in [1.165, 1.54) is 0 Å². The highest BCUT2D eigenvalue weighted by molar-refractivity contribution is 7.89. The average molecular weight is 263 g/mol. The van der Waals surface area contributed by atoms with E-state index in [-0.39, 0.29) is 5.15 Å². The summed E-state index contributed by atoms with van der Waals surface area (Å²) in [5.74, 6) is 0.418. The fourth-order valence-electron chi connectivity index (χ4n) is 2.07. The molecule has 16 heavy (non-hydrogen) atoms. The van der Waals surface area contributed by atoms with Crippen molar-refractivity contribution < 1.29 is 8.42 Å². The van der Waals surface area contributed by atoms with Gasteiger partial charge in [0.15, 0.2) is 0 Å². The fourth-order valence-corrected chi connectivity index (χ4v) is 3.30. The zero-order chi connectivity index (χ0) is 11.8. The molecule has 6 heteroatoms. The van der Waals surface area contributed by atoms with E-state index >= 15 is 0 Å². The maximum absolute atomic E-state index is 11.4. The van der Waals surface area contributed by atoms with Gasteiger partial charge in [0.25, 0.3) is 0 Å². The maximum atomic E-state index is 11.4. The largest absolute Gasteiger partial charge is 0.317 e. The molecule has 0 radical (unpaired) electrons. The van der Waals surface area contributed by atoms with Gasteiger partial charge in [0.2, 0.25) is 10.0 Å². The molecular weight excluding hydrogens is 248 g/mol. The Morgan fingerprint density at radius 2 is 2.06 bits per heavy atom. The molecule has 0 amide bonds. The van der Waals surface area contributed by atoms with Crippen LogP contribution in [-0.4, -0.2) is 31.7 Å². The molecule has 1 N–H and O–H groups in total. The Labute approximate surface area is 101 Å². The van der Waals surface area contributed by atoms with Gasteiger partial charge in [0, 0.05) is 6.20 Å². The van der Waals surface area contributed by atoms with E-state index in [1.54, 1.807) is 12.3 Å². The lowest BCUT2D eigenvalue weighted by Crippen LogP contribution is -2.26. The molecule has 0 unspecified atom stereocenters. The monoisotopic (exact) mass is 262 g/mol. The van der Waals surface area contributed by atoms with Crippen molar-refractivity contribution in [3.05, 3.63) is 23.0 Å². The summed E-state index contributed by atoms with van der Waals surface area (Å²) in [6.07, 6.45) is 4.87. The van der Waals surface area contributed by atoms with Crippen LogP contribution in [0.3, 0.4) is 0 Å². The van der Waals surface area contributed by atoms with Crippen LogP contribution in [-0.2, 0) is 10.0 Å². The Balaban J connectivity index is 2.30. The first-order chi connectivity index (χ1) is 7.48. The van der Waals surface area contributed by atoms with Crippen LogP contribution in [0.1, 0.15) is 24.3 Å². The van der Waals surface area contributed by atoms with Crippen LogP contribution in [0.25, 0.3) is 0 Å². The van der Waals surface area contributed by atoms with Crippen LogP contribution in [0.5, 0.6) is 0 Å². The first-order valence-electron chi connectivity index (χ1n) is 5.27. The zero-order valence-corrected chi connectivity index (χ0v) is 10.7. The van der Waals surface area contributed by atoms with Gasteiger partial charge in [-0.3, -0.25) is 0 Å². The highest BCUT2D eigenvalue weighted by Crippen LogP contribution is 2.29. The molecule has 0 spiro atoms. The van der Waals surface area contributed by atoms with Crippen LogP contribution in [0, 0.1) is 0 Å². The van der Waals surface area contributed by atoms with Crippen molar-refractivity contribution in [2.45, 2.75) is 18.8 Å². The number of nitrogens with zero attached hydrogens (tertiary/aromatic N) is 1. The predicted molar refractivity (Wildman–Crippen MR) is 64.5 cm³/mol. The first kappa shape index (κ1) is 12.0. The Morgan fingerprint density at radius 3 is 2.56 bits per heavy atom. The second-order valence-electron chi connectivity index (χ2n) is 4.18. The van der Waals surface area contributed by atoms with E-state index in [4.69, 9.17) is 11.6 Å². The van der Waals surface area contributed by atoms with Crippen molar-refractivity contribution in [2.24, 2.45) is 0 Å².